The molecule has 1 atom stereocenters. The Kier molecular flexibility index (Phi) is 5.20. The number of fused-ring (bicyclic) bond motifs is 1. The lowest BCUT2D eigenvalue weighted by Crippen LogP contribution is -2.30. The van der Waals surface area contributed by atoms with Crippen molar-refractivity contribution < 1.29 is 9.53 Å². The van der Waals surface area contributed by atoms with Crippen molar-refractivity contribution in [3.05, 3.63) is 84.6 Å². The number of nitrogens with one attached hydrogen (secondary N) is 1. The number of hydrogen-bond donors (Lipinski definition) is 1. The summed E-state index contributed by atoms with van der Waals surface area (Å²) in [5.74, 6) is 0.429. The number of amides is 1. The molecule has 0 aliphatic heterocycles. The molecule has 1 amide bonds. The van der Waals surface area contributed by atoms with Gasteiger partial charge in [-0.3, -0.25) is 9.78 Å². The molecule has 0 aliphatic rings. The number of carbonyl (C=O) groups is 1. The fraction of sp³-hybridized carbons (Fsp3) is 0.125. The molecule has 1 heterocycles. The van der Waals surface area contributed by atoms with Gasteiger partial charge in [0.1, 0.15) is 5.75 Å². The van der Waals surface area contributed by atoms with E-state index in [0.717, 1.165) is 33.5 Å². The molecule has 29 heavy (non-hydrogen) atoms. The molecule has 0 saturated carbocycles. The molecule has 5 heteroatoms. The molecule has 1 N–H and O–H groups in total. The minimum Gasteiger partial charge on any atom is -0.481 e. The Morgan fingerprint density at radius 3 is 2.38 bits per heavy atom. The Hall–Kier alpha value is -3.73. The Balaban J connectivity index is 1.44. The van der Waals surface area contributed by atoms with Crippen LogP contribution in [0.3, 0.4) is 0 Å². The predicted molar refractivity (Wildman–Crippen MR) is 115 cm³/mol. The smallest absolute Gasteiger partial charge is 0.265 e. The van der Waals surface area contributed by atoms with Crippen molar-refractivity contribution in [1.82, 2.24) is 9.97 Å². The van der Waals surface area contributed by atoms with Crippen LogP contribution in [0.15, 0.2) is 79.0 Å². The average Bonchev–Trinajstić information content (AvgIpc) is 2.75. The van der Waals surface area contributed by atoms with Gasteiger partial charge in [0.25, 0.3) is 5.91 Å². The second-order valence-corrected chi connectivity index (χ2v) is 6.83. The van der Waals surface area contributed by atoms with Crippen LogP contribution >= 0.6 is 0 Å². The van der Waals surface area contributed by atoms with Gasteiger partial charge in [0.15, 0.2) is 6.10 Å². The van der Waals surface area contributed by atoms with Crippen LogP contribution in [0.1, 0.15) is 12.5 Å². The van der Waals surface area contributed by atoms with Crippen molar-refractivity contribution >= 4 is 22.6 Å². The van der Waals surface area contributed by atoms with E-state index in [0.29, 0.717) is 5.75 Å². The SMILES string of the molecule is Cc1ccccc1NC(=O)[C@@H](C)Oc1ccc(-c2cnc3ccccc3n2)cc1. The van der Waals surface area contributed by atoms with E-state index in [4.69, 9.17) is 4.74 Å². The Morgan fingerprint density at radius 1 is 0.931 bits per heavy atom. The monoisotopic (exact) mass is 383 g/mol. The van der Waals surface area contributed by atoms with Crippen molar-refractivity contribution in [1.29, 1.82) is 0 Å². The zero-order chi connectivity index (χ0) is 20.2. The van der Waals surface area contributed by atoms with Gasteiger partial charge in [-0.25, -0.2) is 4.98 Å². The molecular formula is C24H21N3O2. The zero-order valence-corrected chi connectivity index (χ0v) is 16.3. The summed E-state index contributed by atoms with van der Waals surface area (Å²) in [5, 5.41) is 2.90. The minimum absolute atomic E-state index is 0.191. The van der Waals surface area contributed by atoms with Gasteiger partial charge in [-0.15, -0.1) is 0 Å². The van der Waals surface area contributed by atoms with Crippen molar-refractivity contribution in [2.45, 2.75) is 20.0 Å². The van der Waals surface area contributed by atoms with Crippen LogP contribution in [0.5, 0.6) is 5.75 Å². The van der Waals surface area contributed by atoms with E-state index in [1.807, 2.05) is 79.7 Å². The molecule has 144 valence electrons. The highest BCUT2D eigenvalue weighted by molar-refractivity contribution is 5.94. The normalized spacial score (nSPS) is 11.8. The van der Waals surface area contributed by atoms with E-state index in [1.165, 1.54) is 0 Å². The van der Waals surface area contributed by atoms with Crippen molar-refractivity contribution in [3.8, 4) is 17.0 Å². The molecule has 4 rings (SSSR count). The van der Waals surface area contributed by atoms with Crippen LogP contribution in [0.4, 0.5) is 5.69 Å². The fourth-order valence-electron chi connectivity index (χ4n) is 3.01. The third-order valence-corrected chi connectivity index (χ3v) is 4.68. The van der Waals surface area contributed by atoms with Gasteiger partial charge in [-0.2, -0.15) is 0 Å². The molecule has 5 nitrogen and oxygen atoms in total. The van der Waals surface area contributed by atoms with Gasteiger partial charge in [-0.05, 0) is 61.9 Å². The number of aromatic nitrogens is 2. The second-order valence-electron chi connectivity index (χ2n) is 6.83. The Labute approximate surface area is 169 Å². The number of aryl methyl sites for hydroxylation is 1. The maximum absolute atomic E-state index is 12.4. The van der Waals surface area contributed by atoms with Crippen molar-refractivity contribution in [2.24, 2.45) is 0 Å². The van der Waals surface area contributed by atoms with E-state index >= 15 is 0 Å². The summed E-state index contributed by atoms with van der Waals surface area (Å²) in [6.07, 6.45) is 1.14. The summed E-state index contributed by atoms with van der Waals surface area (Å²) in [4.78, 5) is 21.5. The minimum atomic E-state index is -0.624. The molecule has 0 unspecified atom stereocenters. The van der Waals surface area contributed by atoms with E-state index in [2.05, 4.69) is 15.3 Å². The molecule has 0 fully saturated rings. The first-order valence-electron chi connectivity index (χ1n) is 9.45. The van der Waals surface area contributed by atoms with Gasteiger partial charge in [0.05, 0.1) is 22.9 Å². The third-order valence-electron chi connectivity index (χ3n) is 4.68. The second kappa shape index (κ2) is 8.10. The number of nitrogens with zero attached hydrogens (tertiary/aromatic N) is 2. The molecule has 0 saturated heterocycles. The zero-order valence-electron chi connectivity index (χ0n) is 16.3. The summed E-state index contributed by atoms with van der Waals surface area (Å²) in [6, 6.07) is 22.9. The molecule has 0 radical (unpaired) electrons. The first-order chi connectivity index (χ1) is 14.1. The number of ether oxygens (including phenoxy) is 1. The molecular weight excluding hydrogens is 362 g/mol. The van der Waals surface area contributed by atoms with Gasteiger partial charge in [-0.1, -0.05) is 30.3 Å². The summed E-state index contributed by atoms with van der Waals surface area (Å²) in [6.45, 7) is 3.69. The van der Waals surface area contributed by atoms with Crippen molar-refractivity contribution in [2.75, 3.05) is 5.32 Å². The van der Waals surface area contributed by atoms with Crippen LogP contribution in [0.2, 0.25) is 0 Å². The van der Waals surface area contributed by atoms with Crippen molar-refractivity contribution in [3.63, 3.8) is 0 Å². The molecule has 4 aromatic rings. The standard InChI is InChI=1S/C24H21N3O2/c1-16-7-3-4-8-20(16)27-24(28)17(2)29-19-13-11-18(12-14-19)23-15-25-21-9-5-6-10-22(21)26-23/h3-15,17H,1-2H3,(H,27,28)/t17-/m1/s1. The number of para-hydroxylation sites is 3. The lowest BCUT2D eigenvalue weighted by Gasteiger charge is -2.16. The van der Waals surface area contributed by atoms with Crippen LogP contribution in [0.25, 0.3) is 22.3 Å². The van der Waals surface area contributed by atoms with Gasteiger partial charge in [0.2, 0.25) is 0 Å². The molecule has 0 bridgehead atoms. The Bertz CT molecular complexity index is 1160. The summed E-state index contributed by atoms with van der Waals surface area (Å²) in [5.41, 5.74) is 5.25. The molecule has 3 aromatic carbocycles. The lowest BCUT2D eigenvalue weighted by atomic mass is 10.1. The Morgan fingerprint density at radius 2 is 1.62 bits per heavy atom. The summed E-state index contributed by atoms with van der Waals surface area (Å²) in [7, 11) is 0. The van der Waals surface area contributed by atoms with Crippen LogP contribution < -0.4 is 10.1 Å². The molecule has 0 spiro atoms. The summed E-state index contributed by atoms with van der Waals surface area (Å²) < 4.78 is 5.80. The third kappa shape index (κ3) is 4.24. The number of benzene rings is 3. The largest absolute Gasteiger partial charge is 0.481 e. The predicted octanol–water partition coefficient (Wildman–Crippen LogP) is 5.01. The maximum Gasteiger partial charge on any atom is 0.265 e. The highest BCUT2D eigenvalue weighted by atomic mass is 16.5. The molecule has 0 aliphatic carbocycles. The quantitative estimate of drug-likeness (QED) is 0.526. The van der Waals surface area contributed by atoms with Crippen LogP contribution in [-0.4, -0.2) is 22.0 Å². The average molecular weight is 383 g/mol. The lowest BCUT2D eigenvalue weighted by molar-refractivity contribution is -0.122. The number of carbonyl (C=O) groups excluding carboxylic acids is 1. The first kappa shape index (κ1) is 18.6. The number of rotatable bonds is 5. The van der Waals surface area contributed by atoms with E-state index < -0.39 is 6.10 Å². The first-order valence-corrected chi connectivity index (χ1v) is 9.45. The number of hydrogen-bond acceptors (Lipinski definition) is 4. The number of anilines is 1. The molecule has 1 aromatic heterocycles. The van der Waals surface area contributed by atoms with E-state index in [1.54, 1.807) is 13.1 Å². The highest BCUT2D eigenvalue weighted by Crippen LogP contribution is 2.23. The van der Waals surface area contributed by atoms with Crippen LogP contribution in [-0.2, 0) is 4.79 Å². The fourth-order valence-corrected chi connectivity index (χ4v) is 3.01. The maximum atomic E-state index is 12.4. The highest BCUT2D eigenvalue weighted by Gasteiger charge is 2.15. The van der Waals surface area contributed by atoms with Gasteiger partial charge >= 0.3 is 0 Å². The van der Waals surface area contributed by atoms with Gasteiger partial charge in [0, 0.05) is 11.3 Å². The van der Waals surface area contributed by atoms with Crippen LogP contribution in [0, 0.1) is 6.92 Å². The van der Waals surface area contributed by atoms with E-state index in [-0.39, 0.29) is 5.91 Å². The van der Waals surface area contributed by atoms with E-state index in [9.17, 15) is 4.79 Å². The topological polar surface area (TPSA) is 64.1 Å². The summed E-state index contributed by atoms with van der Waals surface area (Å²) >= 11 is 0. The van der Waals surface area contributed by atoms with Gasteiger partial charge < -0.3 is 10.1 Å².